The predicted octanol–water partition coefficient (Wildman–Crippen LogP) is 4.19. The van der Waals surface area contributed by atoms with E-state index in [0.717, 1.165) is 29.9 Å². The fourth-order valence-corrected chi connectivity index (χ4v) is 5.57. The molecule has 2 N–H and O–H groups in total. The number of anilines is 3. The Balaban J connectivity index is 1.58. The summed E-state index contributed by atoms with van der Waals surface area (Å²) in [5, 5.41) is 21.8. The highest BCUT2D eigenvalue weighted by Crippen LogP contribution is 2.48. The number of carbonyl (C=O) groups excluding carboxylic acids is 1. The Hall–Kier alpha value is -3.36. The zero-order valence-electron chi connectivity index (χ0n) is 18.4. The van der Waals surface area contributed by atoms with E-state index >= 15 is 0 Å². The fraction of sp³-hybridized carbons (Fsp3) is 0.375. The number of hydrogen-bond donors (Lipinski definition) is 2. The molecule has 1 atom stereocenters. The molecule has 1 unspecified atom stereocenters. The van der Waals surface area contributed by atoms with Gasteiger partial charge in [0, 0.05) is 5.69 Å². The number of amides is 1. The predicted molar refractivity (Wildman–Crippen MR) is 126 cm³/mol. The topological polar surface area (TPSA) is 88.8 Å². The van der Waals surface area contributed by atoms with Gasteiger partial charge in [0.1, 0.15) is 17.4 Å². The Morgan fingerprint density at radius 1 is 1.20 bits per heavy atom. The standard InChI is InChI=1S/C24H21F3N4O3S/c25-24(26,27)18-9-15(4-3-14(18)11-28)30-21(33)23(7-1-2-8-23)31(22(30)35)16-5-6-20-19(10-16)29-12-17(13-32)34-20/h3-6,9-10,17,29,32H,1-2,7-8,12-13H2. The van der Waals surface area contributed by atoms with Crippen LogP contribution < -0.4 is 19.9 Å². The number of aliphatic hydroxyl groups is 1. The summed E-state index contributed by atoms with van der Waals surface area (Å²) in [5.74, 6) is 0.176. The molecule has 2 aliphatic heterocycles. The van der Waals surface area contributed by atoms with Crippen LogP contribution in [0.25, 0.3) is 0 Å². The van der Waals surface area contributed by atoms with Gasteiger partial charge < -0.3 is 20.1 Å². The lowest BCUT2D eigenvalue weighted by Crippen LogP contribution is -2.47. The van der Waals surface area contributed by atoms with Gasteiger partial charge in [-0.25, -0.2) is 0 Å². The summed E-state index contributed by atoms with van der Waals surface area (Å²) in [7, 11) is 0. The number of thiocarbonyl (C=S) groups is 1. The third-order valence-electron chi connectivity index (χ3n) is 6.77. The first-order chi connectivity index (χ1) is 16.7. The van der Waals surface area contributed by atoms with E-state index in [2.05, 4.69) is 5.32 Å². The van der Waals surface area contributed by atoms with Crippen LogP contribution in [0.1, 0.15) is 36.8 Å². The lowest BCUT2D eigenvalue weighted by Gasteiger charge is -2.34. The molecule has 182 valence electrons. The van der Waals surface area contributed by atoms with E-state index in [1.807, 2.05) is 0 Å². The first-order valence-electron chi connectivity index (χ1n) is 11.1. The van der Waals surface area contributed by atoms with Gasteiger partial charge in [0.15, 0.2) is 5.11 Å². The second-order valence-corrected chi connectivity index (χ2v) is 9.19. The highest BCUT2D eigenvalue weighted by Gasteiger charge is 2.57. The van der Waals surface area contributed by atoms with Crippen molar-refractivity contribution in [2.24, 2.45) is 0 Å². The maximum atomic E-state index is 13.8. The van der Waals surface area contributed by atoms with Crippen LogP contribution in [0.2, 0.25) is 0 Å². The number of fused-ring (bicyclic) bond motifs is 1. The molecule has 7 nitrogen and oxygen atoms in total. The molecule has 0 radical (unpaired) electrons. The van der Waals surface area contributed by atoms with Gasteiger partial charge in [-0.2, -0.15) is 18.4 Å². The van der Waals surface area contributed by atoms with Gasteiger partial charge in [0.25, 0.3) is 5.91 Å². The van der Waals surface area contributed by atoms with Crippen LogP contribution >= 0.6 is 12.2 Å². The van der Waals surface area contributed by atoms with E-state index in [1.54, 1.807) is 29.2 Å². The van der Waals surface area contributed by atoms with Crippen LogP contribution in [0.4, 0.5) is 30.2 Å². The molecule has 11 heteroatoms. The molecule has 1 aliphatic carbocycles. The molecule has 1 saturated carbocycles. The lowest BCUT2D eigenvalue weighted by molar-refractivity contribution is -0.137. The summed E-state index contributed by atoms with van der Waals surface area (Å²) in [6.07, 6.45) is -2.54. The molecule has 1 saturated heterocycles. The third-order valence-corrected chi connectivity index (χ3v) is 7.13. The maximum Gasteiger partial charge on any atom is 0.417 e. The van der Waals surface area contributed by atoms with E-state index in [9.17, 15) is 23.1 Å². The summed E-state index contributed by atoms with van der Waals surface area (Å²) in [6.45, 7) is 0.264. The Bertz CT molecular complexity index is 1250. The SMILES string of the molecule is N#Cc1ccc(N2C(=O)C3(CCCC3)N(c3ccc4c(c3)NCC(CO)O4)C2=S)cc1C(F)(F)F. The van der Waals surface area contributed by atoms with Gasteiger partial charge in [-0.05, 0) is 61.5 Å². The molecular weight excluding hydrogens is 481 g/mol. The summed E-state index contributed by atoms with van der Waals surface area (Å²) in [5.41, 5.74) is -1.36. The maximum absolute atomic E-state index is 13.8. The van der Waals surface area contributed by atoms with Gasteiger partial charge in [-0.15, -0.1) is 0 Å². The van der Waals surface area contributed by atoms with Crippen molar-refractivity contribution in [3.05, 3.63) is 47.5 Å². The third kappa shape index (κ3) is 3.68. The Labute approximate surface area is 204 Å². The highest BCUT2D eigenvalue weighted by molar-refractivity contribution is 7.81. The van der Waals surface area contributed by atoms with E-state index < -0.39 is 22.8 Å². The molecule has 2 heterocycles. The lowest BCUT2D eigenvalue weighted by atomic mass is 9.94. The van der Waals surface area contributed by atoms with Gasteiger partial charge >= 0.3 is 6.18 Å². The number of aliphatic hydroxyl groups excluding tert-OH is 1. The summed E-state index contributed by atoms with van der Waals surface area (Å²) >= 11 is 5.70. The molecule has 1 amide bonds. The minimum atomic E-state index is -4.76. The van der Waals surface area contributed by atoms with Crippen LogP contribution in [0.5, 0.6) is 5.75 Å². The number of ether oxygens (including phenoxy) is 1. The van der Waals surface area contributed by atoms with Gasteiger partial charge in [0.2, 0.25) is 0 Å². The number of rotatable bonds is 3. The van der Waals surface area contributed by atoms with Gasteiger partial charge in [-0.3, -0.25) is 9.69 Å². The smallest absolute Gasteiger partial charge is 0.417 e. The number of nitrogens with one attached hydrogen (secondary N) is 1. The normalized spacial score (nSPS) is 21.1. The molecule has 0 aromatic heterocycles. The van der Waals surface area contributed by atoms with Crippen LogP contribution in [0.3, 0.4) is 0 Å². The van der Waals surface area contributed by atoms with Crippen molar-refractivity contribution in [3.63, 3.8) is 0 Å². The molecular formula is C24H21F3N4O3S. The minimum absolute atomic E-state index is 0.0229. The van der Waals surface area contributed by atoms with E-state index in [0.29, 0.717) is 36.5 Å². The molecule has 3 aliphatic rings. The molecule has 2 fully saturated rings. The van der Waals surface area contributed by atoms with E-state index in [1.165, 1.54) is 6.07 Å². The summed E-state index contributed by atoms with van der Waals surface area (Å²) in [4.78, 5) is 16.7. The molecule has 1 spiro atoms. The van der Waals surface area contributed by atoms with Crippen molar-refractivity contribution in [3.8, 4) is 11.8 Å². The Morgan fingerprint density at radius 2 is 1.91 bits per heavy atom. The summed E-state index contributed by atoms with van der Waals surface area (Å²) < 4.78 is 46.6. The van der Waals surface area contributed by atoms with E-state index in [4.69, 9.17) is 22.2 Å². The van der Waals surface area contributed by atoms with Gasteiger partial charge in [-0.1, -0.05) is 12.8 Å². The zero-order valence-corrected chi connectivity index (χ0v) is 19.2. The quantitative estimate of drug-likeness (QED) is 0.609. The number of benzene rings is 2. The first kappa shape index (κ1) is 23.4. The molecule has 2 aromatic rings. The molecule has 2 aromatic carbocycles. The van der Waals surface area contributed by atoms with Crippen molar-refractivity contribution >= 4 is 40.3 Å². The minimum Gasteiger partial charge on any atom is -0.484 e. The Kier molecular flexibility index (Phi) is 5.61. The zero-order chi connectivity index (χ0) is 25.0. The number of nitrogens with zero attached hydrogens (tertiary/aromatic N) is 3. The average Bonchev–Trinajstić information content (AvgIpc) is 3.41. The highest BCUT2D eigenvalue weighted by atomic mass is 32.1. The number of carbonyl (C=O) groups is 1. The van der Waals surface area contributed by atoms with E-state index in [-0.39, 0.29) is 29.4 Å². The second-order valence-electron chi connectivity index (χ2n) is 8.82. The number of alkyl halides is 3. The van der Waals surface area contributed by atoms with Crippen LogP contribution in [-0.2, 0) is 11.0 Å². The number of nitriles is 1. The largest absolute Gasteiger partial charge is 0.484 e. The van der Waals surface area contributed by atoms with Crippen molar-refractivity contribution in [1.82, 2.24) is 0 Å². The van der Waals surface area contributed by atoms with Crippen molar-refractivity contribution in [2.45, 2.75) is 43.5 Å². The first-order valence-corrected chi connectivity index (χ1v) is 11.6. The van der Waals surface area contributed by atoms with Crippen LogP contribution in [-0.4, -0.2) is 40.9 Å². The van der Waals surface area contributed by atoms with Crippen molar-refractivity contribution in [1.29, 1.82) is 5.26 Å². The molecule has 35 heavy (non-hydrogen) atoms. The second kappa shape index (κ2) is 8.39. The van der Waals surface area contributed by atoms with Gasteiger partial charge in [0.05, 0.1) is 41.7 Å². The van der Waals surface area contributed by atoms with Crippen LogP contribution in [0.15, 0.2) is 36.4 Å². The molecule has 0 bridgehead atoms. The average molecular weight is 503 g/mol. The van der Waals surface area contributed by atoms with Crippen molar-refractivity contribution in [2.75, 3.05) is 28.3 Å². The summed E-state index contributed by atoms with van der Waals surface area (Å²) in [6, 6.07) is 10.0. The number of halogens is 3. The van der Waals surface area contributed by atoms with Crippen LogP contribution in [0, 0.1) is 11.3 Å². The number of hydrogen-bond acceptors (Lipinski definition) is 6. The fourth-order valence-electron chi connectivity index (χ4n) is 5.10. The van der Waals surface area contributed by atoms with Crippen molar-refractivity contribution < 1.29 is 27.8 Å². The molecule has 5 rings (SSSR count). The Morgan fingerprint density at radius 3 is 2.57 bits per heavy atom. The monoisotopic (exact) mass is 502 g/mol.